The number of sulfonamides is 1. The highest BCUT2D eigenvalue weighted by atomic mass is 32.2. The van der Waals surface area contributed by atoms with Crippen LogP contribution in [0.4, 0.5) is 5.69 Å². The SMILES string of the molecule is CC1Cc2cc(S(N)(=O)=O)ccc2N1C(=O)COC(=O)c1cccc(-n2cccc2)c1. The van der Waals surface area contributed by atoms with Gasteiger partial charge >= 0.3 is 5.97 Å². The van der Waals surface area contributed by atoms with E-state index in [1.807, 2.05) is 42.1 Å². The first-order valence-corrected chi connectivity index (χ1v) is 11.2. The third-order valence-corrected chi connectivity index (χ3v) is 6.09. The number of primary sulfonamides is 1. The molecule has 0 aliphatic carbocycles. The zero-order valence-corrected chi connectivity index (χ0v) is 17.6. The maximum absolute atomic E-state index is 12.8. The second kappa shape index (κ2) is 8.01. The van der Waals surface area contributed by atoms with Crippen LogP contribution in [0.3, 0.4) is 0 Å². The van der Waals surface area contributed by atoms with Gasteiger partial charge in [0.25, 0.3) is 5.91 Å². The molecule has 2 N–H and O–H groups in total. The van der Waals surface area contributed by atoms with Crippen LogP contribution in [0.15, 0.2) is 71.9 Å². The molecule has 1 aliphatic rings. The molecule has 2 heterocycles. The minimum absolute atomic E-state index is 0.00162. The number of ether oxygens (including phenoxy) is 1. The molecule has 4 rings (SSSR count). The molecule has 3 aromatic rings. The maximum atomic E-state index is 12.8. The Balaban J connectivity index is 1.46. The molecule has 1 amide bonds. The largest absolute Gasteiger partial charge is 0.452 e. The Morgan fingerprint density at radius 1 is 1.10 bits per heavy atom. The van der Waals surface area contributed by atoms with Gasteiger partial charge < -0.3 is 14.2 Å². The number of fused-ring (bicyclic) bond motifs is 1. The standard InChI is InChI=1S/C22H21N3O5S/c1-15-11-17-13-19(31(23,28)29)7-8-20(17)25(15)21(26)14-30-22(27)16-5-4-6-18(12-16)24-9-2-3-10-24/h2-10,12-13,15H,11,14H2,1H3,(H2,23,28,29). The molecule has 8 nitrogen and oxygen atoms in total. The summed E-state index contributed by atoms with van der Waals surface area (Å²) in [6.07, 6.45) is 4.21. The molecule has 9 heteroatoms. The van der Waals surface area contributed by atoms with Gasteiger partial charge in [-0.3, -0.25) is 4.79 Å². The Morgan fingerprint density at radius 3 is 2.55 bits per heavy atom. The van der Waals surface area contributed by atoms with E-state index in [2.05, 4.69) is 0 Å². The zero-order valence-electron chi connectivity index (χ0n) is 16.8. The Labute approximate surface area is 179 Å². The number of rotatable bonds is 5. The van der Waals surface area contributed by atoms with Crippen molar-refractivity contribution < 1.29 is 22.7 Å². The number of hydrogen-bond donors (Lipinski definition) is 1. The predicted octanol–water partition coefficient (Wildman–Crippen LogP) is 2.26. The molecule has 1 aliphatic heterocycles. The second-order valence-corrected chi connectivity index (χ2v) is 8.93. The fraction of sp³-hybridized carbons (Fsp3) is 0.182. The Bertz CT molecular complexity index is 1250. The molecule has 31 heavy (non-hydrogen) atoms. The minimum atomic E-state index is -3.83. The van der Waals surface area contributed by atoms with Crippen molar-refractivity contribution in [3.8, 4) is 5.69 Å². The van der Waals surface area contributed by atoms with Gasteiger partial charge in [-0.1, -0.05) is 6.07 Å². The molecule has 160 valence electrons. The van der Waals surface area contributed by atoms with Crippen molar-refractivity contribution in [1.29, 1.82) is 0 Å². The highest BCUT2D eigenvalue weighted by Gasteiger charge is 2.32. The third-order valence-electron chi connectivity index (χ3n) is 5.18. The first-order chi connectivity index (χ1) is 14.7. The number of anilines is 1. The summed E-state index contributed by atoms with van der Waals surface area (Å²) < 4.78 is 30.3. The number of aromatic nitrogens is 1. The number of amides is 1. The van der Waals surface area contributed by atoms with E-state index in [4.69, 9.17) is 9.88 Å². The number of nitrogens with two attached hydrogens (primary N) is 1. The second-order valence-electron chi connectivity index (χ2n) is 7.37. The van der Waals surface area contributed by atoms with E-state index in [0.29, 0.717) is 23.2 Å². The van der Waals surface area contributed by atoms with Crippen LogP contribution >= 0.6 is 0 Å². The fourth-order valence-corrected chi connectivity index (χ4v) is 4.31. The topological polar surface area (TPSA) is 112 Å². The van der Waals surface area contributed by atoms with Crippen LogP contribution in [0.25, 0.3) is 5.69 Å². The van der Waals surface area contributed by atoms with Gasteiger partial charge in [0.1, 0.15) is 0 Å². The molecular weight excluding hydrogens is 418 g/mol. The average molecular weight is 439 g/mol. The zero-order chi connectivity index (χ0) is 22.2. The number of hydrogen-bond acceptors (Lipinski definition) is 5. The van der Waals surface area contributed by atoms with Crippen LogP contribution in [-0.2, 0) is 26.0 Å². The van der Waals surface area contributed by atoms with E-state index < -0.39 is 22.6 Å². The molecule has 1 aromatic heterocycles. The van der Waals surface area contributed by atoms with Crippen molar-refractivity contribution in [3.05, 3.63) is 78.1 Å². The van der Waals surface area contributed by atoms with E-state index in [0.717, 1.165) is 5.69 Å². The Kier molecular flexibility index (Phi) is 5.38. The van der Waals surface area contributed by atoms with E-state index in [-0.39, 0.29) is 16.8 Å². The van der Waals surface area contributed by atoms with E-state index in [9.17, 15) is 18.0 Å². The third kappa shape index (κ3) is 4.23. The number of carbonyl (C=O) groups excluding carboxylic acids is 2. The molecule has 0 saturated carbocycles. The summed E-state index contributed by atoms with van der Waals surface area (Å²) in [5.74, 6) is -0.983. The molecule has 1 unspecified atom stereocenters. The highest BCUT2D eigenvalue weighted by Crippen LogP contribution is 2.33. The van der Waals surface area contributed by atoms with Gasteiger partial charge in [-0.15, -0.1) is 0 Å². The smallest absolute Gasteiger partial charge is 0.338 e. The Hall–Kier alpha value is -3.43. The normalized spacial score (nSPS) is 15.5. The summed E-state index contributed by atoms with van der Waals surface area (Å²) in [6.45, 7) is 1.42. The van der Waals surface area contributed by atoms with Crippen molar-refractivity contribution in [3.63, 3.8) is 0 Å². The molecule has 0 bridgehead atoms. The number of nitrogens with zero attached hydrogens (tertiary/aromatic N) is 2. The van der Waals surface area contributed by atoms with Crippen molar-refractivity contribution in [2.45, 2.75) is 24.3 Å². The summed E-state index contributed by atoms with van der Waals surface area (Å²) in [6, 6.07) is 14.9. The highest BCUT2D eigenvalue weighted by molar-refractivity contribution is 7.89. The van der Waals surface area contributed by atoms with Gasteiger partial charge in [0.2, 0.25) is 10.0 Å². The molecule has 0 spiro atoms. The lowest BCUT2D eigenvalue weighted by Gasteiger charge is -2.22. The molecule has 2 aromatic carbocycles. The van der Waals surface area contributed by atoms with Crippen molar-refractivity contribution in [2.24, 2.45) is 5.14 Å². The van der Waals surface area contributed by atoms with E-state index >= 15 is 0 Å². The number of benzene rings is 2. The van der Waals surface area contributed by atoms with Gasteiger partial charge in [-0.2, -0.15) is 0 Å². The summed E-state index contributed by atoms with van der Waals surface area (Å²) in [5.41, 5.74) is 2.44. The van der Waals surface area contributed by atoms with E-state index in [1.165, 1.54) is 17.0 Å². The molecular formula is C22H21N3O5S. The summed E-state index contributed by atoms with van der Waals surface area (Å²) in [4.78, 5) is 26.8. The van der Waals surface area contributed by atoms with Crippen LogP contribution in [0.2, 0.25) is 0 Å². The molecule has 0 radical (unpaired) electrons. The van der Waals surface area contributed by atoms with Crippen LogP contribution in [0, 0.1) is 0 Å². The summed E-state index contributed by atoms with van der Waals surface area (Å²) in [7, 11) is -3.83. The first kappa shape index (κ1) is 20.8. The summed E-state index contributed by atoms with van der Waals surface area (Å²) in [5, 5.41) is 5.19. The molecule has 1 atom stereocenters. The summed E-state index contributed by atoms with van der Waals surface area (Å²) >= 11 is 0. The Morgan fingerprint density at radius 2 is 1.84 bits per heavy atom. The first-order valence-electron chi connectivity index (χ1n) is 9.62. The fourth-order valence-electron chi connectivity index (χ4n) is 3.74. The molecule has 0 fully saturated rings. The van der Waals surface area contributed by atoms with Gasteiger partial charge in [-0.25, -0.2) is 18.4 Å². The van der Waals surface area contributed by atoms with Crippen LogP contribution in [0.1, 0.15) is 22.8 Å². The lowest BCUT2D eigenvalue weighted by molar-refractivity contribution is -0.122. The van der Waals surface area contributed by atoms with Crippen molar-refractivity contribution in [1.82, 2.24) is 4.57 Å². The lowest BCUT2D eigenvalue weighted by atomic mass is 10.1. The molecule has 0 saturated heterocycles. The van der Waals surface area contributed by atoms with Crippen LogP contribution in [0.5, 0.6) is 0 Å². The van der Waals surface area contributed by atoms with Gasteiger partial charge in [0.05, 0.1) is 10.5 Å². The van der Waals surface area contributed by atoms with Crippen LogP contribution in [-0.4, -0.2) is 37.5 Å². The predicted molar refractivity (Wildman–Crippen MR) is 115 cm³/mol. The van der Waals surface area contributed by atoms with Crippen molar-refractivity contribution in [2.75, 3.05) is 11.5 Å². The minimum Gasteiger partial charge on any atom is -0.452 e. The quantitative estimate of drug-likeness (QED) is 0.613. The number of carbonyl (C=O) groups is 2. The van der Waals surface area contributed by atoms with Gasteiger partial charge in [-0.05, 0) is 67.4 Å². The monoisotopic (exact) mass is 439 g/mol. The maximum Gasteiger partial charge on any atom is 0.338 e. The van der Waals surface area contributed by atoms with Gasteiger partial charge in [0, 0.05) is 29.8 Å². The number of esters is 1. The van der Waals surface area contributed by atoms with Crippen molar-refractivity contribution >= 4 is 27.6 Å². The lowest BCUT2D eigenvalue weighted by Crippen LogP contribution is -2.38. The average Bonchev–Trinajstić information content (AvgIpc) is 3.38. The van der Waals surface area contributed by atoms with E-state index in [1.54, 1.807) is 24.3 Å². The van der Waals surface area contributed by atoms with Crippen LogP contribution < -0.4 is 10.0 Å². The van der Waals surface area contributed by atoms with Gasteiger partial charge in [0.15, 0.2) is 6.61 Å².